The summed E-state index contributed by atoms with van der Waals surface area (Å²) >= 11 is 0. The lowest BCUT2D eigenvalue weighted by molar-refractivity contribution is 0.189. The van der Waals surface area contributed by atoms with Crippen LogP contribution in [0.1, 0.15) is 12.0 Å². The van der Waals surface area contributed by atoms with Gasteiger partial charge in [0.15, 0.2) is 5.82 Å². The van der Waals surface area contributed by atoms with Crippen LogP contribution in [-0.2, 0) is 11.3 Å². The van der Waals surface area contributed by atoms with Gasteiger partial charge in [-0.1, -0.05) is 6.07 Å². The van der Waals surface area contributed by atoms with Crippen LogP contribution < -0.4 is 5.73 Å². The average Bonchev–Trinajstić information content (AvgIpc) is 2.81. The van der Waals surface area contributed by atoms with Crippen molar-refractivity contribution in [3.8, 4) is 11.4 Å². The number of aromatic nitrogens is 4. The van der Waals surface area contributed by atoms with Gasteiger partial charge in [-0.3, -0.25) is 0 Å². The van der Waals surface area contributed by atoms with Gasteiger partial charge in [0.1, 0.15) is 0 Å². The lowest BCUT2D eigenvalue weighted by atomic mass is 10.1. The second kappa shape index (κ2) is 5.59. The van der Waals surface area contributed by atoms with Crippen LogP contribution in [0.4, 0.5) is 5.69 Å². The molecule has 2 rings (SSSR count). The number of ether oxygens (including phenoxy) is 1. The molecule has 0 spiro atoms. The van der Waals surface area contributed by atoms with Gasteiger partial charge in [0.2, 0.25) is 0 Å². The van der Waals surface area contributed by atoms with Crippen LogP contribution in [0.25, 0.3) is 11.4 Å². The number of nitrogens with two attached hydrogens (primary N) is 1. The molecule has 2 N–H and O–H groups in total. The SMILES string of the molecule is COCCCn1nnnc1-c1cc(N)ccc1C. The monoisotopic (exact) mass is 247 g/mol. The number of benzene rings is 1. The molecule has 0 amide bonds. The lowest BCUT2D eigenvalue weighted by Crippen LogP contribution is -2.06. The van der Waals surface area contributed by atoms with Crippen molar-refractivity contribution < 1.29 is 4.74 Å². The van der Waals surface area contributed by atoms with E-state index in [-0.39, 0.29) is 0 Å². The number of nitrogen functional groups attached to an aromatic ring is 1. The predicted molar refractivity (Wildman–Crippen MR) is 68.9 cm³/mol. The molecular weight excluding hydrogens is 230 g/mol. The molecule has 96 valence electrons. The molecule has 0 atom stereocenters. The fraction of sp³-hybridized carbons (Fsp3) is 0.417. The summed E-state index contributed by atoms with van der Waals surface area (Å²) in [6.07, 6.45) is 0.871. The molecule has 1 aromatic heterocycles. The van der Waals surface area contributed by atoms with E-state index in [0.29, 0.717) is 12.3 Å². The molecule has 18 heavy (non-hydrogen) atoms. The second-order valence-electron chi connectivity index (χ2n) is 4.15. The molecule has 0 radical (unpaired) electrons. The van der Waals surface area contributed by atoms with Crippen molar-refractivity contribution in [2.24, 2.45) is 0 Å². The van der Waals surface area contributed by atoms with E-state index in [1.807, 2.05) is 25.1 Å². The van der Waals surface area contributed by atoms with E-state index >= 15 is 0 Å². The summed E-state index contributed by atoms with van der Waals surface area (Å²) in [5.41, 5.74) is 8.59. The number of methoxy groups -OCH3 is 1. The molecule has 6 nitrogen and oxygen atoms in total. The van der Waals surface area contributed by atoms with Crippen molar-refractivity contribution in [2.75, 3.05) is 19.5 Å². The number of rotatable bonds is 5. The van der Waals surface area contributed by atoms with E-state index < -0.39 is 0 Å². The number of tetrazole rings is 1. The Bertz CT molecular complexity index is 523. The number of hydrogen-bond donors (Lipinski definition) is 1. The molecular formula is C12H17N5O. The predicted octanol–water partition coefficient (Wildman–Crippen LogP) is 1.27. The highest BCUT2D eigenvalue weighted by molar-refractivity contribution is 5.65. The molecule has 0 aliphatic heterocycles. The summed E-state index contributed by atoms with van der Waals surface area (Å²) in [6, 6.07) is 5.74. The highest BCUT2D eigenvalue weighted by Crippen LogP contribution is 2.23. The largest absolute Gasteiger partial charge is 0.399 e. The minimum atomic E-state index is 0.690. The zero-order valence-corrected chi connectivity index (χ0v) is 10.6. The van der Waals surface area contributed by atoms with Gasteiger partial charge < -0.3 is 10.5 Å². The van der Waals surface area contributed by atoms with Gasteiger partial charge in [0.05, 0.1) is 0 Å². The lowest BCUT2D eigenvalue weighted by Gasteiger charge is -2.07. The Morgan fingerprint density at radius 3 is 3.00 bits per heavy atom. The third-order valence-electron chi connectivity index (χ3n) is 2.75. The fourth-order valence-corrected chi connectivity index (χ4v) is 1.79. The van der Waals surface area contributed by atoms with Crippen molar-refractivity contribution in [3.63, 3.8) is 0 Å². The number of nitrogens with zero attached hydrogens (tertiary/aromatic N) is 4. The maximum Gasteiger partial charge on any atom is 0.182 e. The Balaban J connectivity index is 2.27. The highest BCUT2D eigenvalue weighted by Gasteiger charge is 2.11. The third-order valence-corrected chi connectivity index (χ3v) is 2.75. The normalized spacial score (nSPS) is 10.8. The van der Waals surface area contributed by atoms with E-state index in [1.54, 1.807) is 11.8 Å². The quantitative estimate of drug-likeness (QED) is 0.635. The van der Waals surface area contributed by atoms with Crippen LogP contribution in [0.5, 0.6) is 0 Å². The molecule has 0 aliphatic carbocycles. The molecule has 1 aromatic carbocycles. The van der Waals surface area contributed by atoms with Gasteiger partial charge in [-0.15, -0.1) is 5.10 Å². The van der Waals surface area contributed by atoms with Crippen LogP contribution in [0.2, 0.25) is 0 Å². The summed E-state index contributed by atoms with van der Waals surface area (Å²) in [4.78, 5) is 0. The van der Waals surface area contributed by atoms with Gasteiger partial charge in [-0.05, 0) is 41.5 Å². The topological polar surface area (TPSA) is 78.8 Å². The van der Waals surface area contributed by atoms with E-state index in [2.05, 4.69) is 15.5 Å². The molecule has 6 heteroatoms. The van der Waals surface area contributed by atoms with Crippen LogP contribution in [0, 0.1) is 6.92 Å². The van der Waals surface area contributed by atoms with Crippen molar-refractivity contribution >= 4 is 5.69 Å². The van der Waals surface area contributed by atoms with Crippen molar-refractivity contribution in [2.45, 2.75) is 19.9 Å². The van der Waals surface area contributed by atoms with E-state index in [9.17, 15) is 0 Å². The van der Waals surface area contributed by atoms with E-state index in [4.69, 9.17) is 10.5 Å². The Hall–Kier alpha value is -1.95. The van der Waals surface area contributed by atoms with Crippen LogP contribution in [0.15, 0.2) is 18.2 Å². The van der Waals surface area contributed by atoms with Gasteiger partial charge in [-0.2, -0.15) is 0 Å². The highest BCUT2D eigenvalue weighted by atomic mass is 16.5. The third kappa shape index (κ3) is 2.65. The summed E-state index contributed by atoms with van der Waals surface area (Å²) in [5, 5.41) is 11.8. The molecule has 0 saturated carbocycles. The van der Waals surface area contributed by atoms with Gasteiger partial charge in [-0.25, -0.2) is 4.68 Å². The molecule has 0 bridgehead atoms. The molecule has 2 aromatic rings. The molecule has 0 fully saturated rings. The van der Waals surface area contributed by atoms with Crippen molar-refractivity contribution in [1.29, 1.82) is 0 Å². The maximum absolute atomic E-state index is 5.81. The molecule has 1 heterocycles. The summed E-state index contributed by atoms with van der Waals surface area (Å²) in [6.45, 7) is 3.43. The Kier molecular flexibility index (Phi) is 3.88. The maximum atomic E-state index is 5.81. The second-order valence-corrected chi connectivity index (χ2v) is 4.15. The Labute approximate surface area is 106 Å². The van der Waals surface area contributed by atoms with Gasteiger partial charge in [0.25, 0.3) is 0 Å². The summed E-state index contributed by atoms with van der Waals surface area (Å²) in [5.74, 6) is 0.746. The fourth-order valence-electron chi connectivity index (χ4n) is 1.79. The van der Waals surface area contributed by atoms with Gasteiger partial charge in [0, 0.05) is 31.5 Å². The average molecular weight is 247 g/mol. The smallest absolute Gasteiger partial charge is 0.182 e. The van der Waals surface area contributed by atoms with E-state index in [1.165, 1.54) is 0 Å². The number of aryl methyl sites for hydroxylation is 2. The van der Waals surface area contributed by atoms with Crippen LogP contribution in [-0.4, -0.2) is 33.9 Å². The Morgan fingerprint density at radius 2 is 2.22 bits per heavy atom. The Morgan fingerprint density at radius 1 is 1.39 bits per heavy atom. The zero-order chi connectivity index (χ0) is 13.0. The van der Waals surface area contributed by atoms with Crippen LogP contribution >= 0.6 is 0 Å². The minimum Gasteiger partial charge on any atom is -0.399 e. The van der Waals surface area contributed by atoms with Crippen LogP contribution in [0.3, 0.4) is 0 Å². The van der Waals surface area contributed by atoms with E-state index in [0.717, 1.165) is 29.9 Å². The molecule has 0 unspecified atom stereocenters. The minimum absolute atomic E-state index is 0.690. The standard InChI is InChI=1S/C12H17N5O/c1-9-4-5-10(13)8-11(9)12-14-15-16-17(12)6-3-7-18-2/h4-5,8H,3,6-7,13H2,1-2H3. The first-order chi connectivity index (χ1) is 8.72. The van der Waals surface area contributed by atoms with Gasteiger partial charge >= 0.3 is 0 Å². The number of anilines is 1. The molecule has 0 saturated heterocycles. The number of hydrogen-bond acceptors (Lipinski definition) is 5. The first kappa shape index (κ1) is 12.5. The first-order valence-corrected chi connectivity index (χ1v) is 5.84. The summed E-state index contributed by atoms with van der Waals surface area (Å²) < 4.78 is 6.81. The molecule has 0 aliphatic rings. The van der Waals surface area contributed by atoms with Crippen molar-refractivity contribution in [1.82, 2.24) is 20.2 Å². The zero-order valence-electron chi connectivity index (χ0n) is 10.6. The van der Waals surface area contributed by atoms with Crippen molar-refractivity contribution in [3.05, 3.63) is 23.8 Å². The first-order valence-electron chi connectivity index (χ1n) is 5.84. The summed E-state index contributed by atoms with van der Waals surface area (Å²) in [7, 11) is 1.68.